The minimum atomic E-state index is -1.56. The van der Waals surface area contributed by atoms with E-state index in [2.05, 4.69) is 5.32 Å². The molecule has 1 amide bonds. The summed E-state index contributed by atoms with van der Waals surface area (Å²) in [6, 6.07) is -0.164. The molecule has 0 radical (unpaired) electrons. The van der Waals surface area contributed by atoms with E-state index < -0.39 is 36.6 Å². The first-order valence-electron chi connectivity index (χ1n) is 18.7. The van der Waals surface area contributed by atoms with Crippen LogP contribution in [0.2, 0.25) is 0 Å². The highest BCUT2D eigenvalue weighted by molar-refractivity contribution is 5.76. The van der Waals surface area contributed by atoms with E-state index in [-0.39, 0.29) is 77.5 Å². The number of aliphatic hydroxyl groups is 8. The molecule has 7 unspecified atom stereocenters. The fourth-order valence-electron chi connectivity index (χ4n) is 4.58. The average molecular weight is 794 g/mol. The van der Waals surface area contributed by atoms with E-state index in [0.717, 1.165) is 0 Å². The maximum absolute atomic E-state index is 11.4. The Morgan fingerprint density at radius 2 is 0.852 bits per heavy atom. The zero-order valence-corrected chi connectivity index (χ0v) is 32.0. The molecule has 7 atom stereocenters. The lowest BCUT2D eigenvalue weighted by Crippen LogP contribution is -2.50. The van der Waals surface area contributed by atoms with Gasteiger partial charge in [-0.05, 0) is 19.8 Å². The van der Waals surface area contributed by atoms with Crippen molar-refractivity contribution in [2.75, 3.05) is 145 Å². The molecule has 0 bridgehead atoms. The van der Waals surface area contributed by atoms with Gasteiger partial charge in [0.2, 0.25) is 5.91 Å². The van der Waals surface area contributed by atoms with Crippen LogP contribution in [0, 0.1) is 0 Å². The lowest BCUT2D eigenvalue weighted by molar-refractivity contribution is -0.121. The van der Waals surface area contributed by atoms with Gasteiger partial charge in [0.25, 0.3) is 0 Å². The molecular formula is C34H71N3O17. The topological polar surface area (TPSA) is 294 Å². The van der Waals surface area contributed by atoms with Crippen molar-refractivity contribution in [2.45, 2.75) is 68.9 Å². The van der Waals surface area contributed by atoms with Crippen LogP contribution in [-0.2, 0) is 42.7 Å². The highest BCUT2D eigenvalue weighted by Gasteiger charge is 2.30. The first-order valence-corrected chi connectivity index (χ1v) is 18.7. The summed E-state index contributed by atoms with van der Waals surface area (Å²) in [6.45, 7) is 7.26. The van der Waals surface area contributed by atoms with Gasteiger partial charge in [0.15, 0.2) is 0 Å². The summed E-state index contributed by atoms with van der Waals surface area (Å²) in [4.78, 5) is 12.9. The second kappa shape index (κ2) is 37.3. The van der Waals surface area contributed by atoms with Crippen LogP contribution in [0.1, 0.15) is 26.2 Å². The molecule has 0 saturated heterocycles. The Bertz CT molecular complexity index is 800. The monoisotopic (exact) mass is 793 g/mol. The Labute approximate surface area is 319 Å². The molecule has 0 aromatic rings. The van der Waals surface area contributed by atoms with E-state index in [4.69, 9.17) is 53.8 Å². The van der Waals surface area contributed by atoms with Crippen LogP contribution in [0.5, 0.6) is 0 Å². The Balaban J connectivity index is 3.76. The summed E-state index contributed by atoms with van der Waals surface area (Å²) >= 11 is 0. The van der Waals surface area contributed by atoms with Crippen molar-refractivity contribution in [3.8, 4) is 0 Å². The van der Waals surface area contributed by atoms with Crippen LogP contribution in [0.15, 0.2) is 0 Å². The number of nitrogens with one attached hydrogen (secondary N) is 1. The number of nitrogens with two attached hydrogens (primary N) is 1. The number of carbonyl (C=O) groups is 1. The number of hydrogen-bond acceptors (Lipinski definition) is 19. The first-order chi connectivity index (χ1) is 26.0. The fourth-order valence-corrected chi connectivity index (χ4v) is 4.58. The van der Waals surface area contributed by atoms with E-state index in [9.17, 15) is 35.4 Å². The van der Waals surface area contributed by atoms with E-state index in [0.29, 0.717) is 98.9 Å². The molecule has 54 heavy (non-hydrogen) atoms. The maximum atomic E-state index is 11.4. The summed E-state index contributed by atoms with van der Waals surface area (Å²) in [7, 11) is 0. The molecule has 0 spiro atoms. The molecule has 11 N–H and O–H groups in total. The third-order valence-corrected chi connectivity index (χ3v) is 7.55. The lowest BCUT2D eigenvalue weighted by Gasteiger charge is -2.32. The van der Waals surface area contributed by atoms with Crippen molar-refractivity contribution in [1.29, 1.82) is 0 Å². The fraction of sp³-hybridized carbons (Fsp3) is 0.971. The van der Waals surface area contributed by atoms with Crippen LogP contribution in [0.4, 0.5) is 0 Å². The van der Waals surface area contributed by atoms with Crippen molar-refractivity contribution < 1.29 is 83.5 Å². The normalized spacial score (nSPS) is 15.9. The van der Waals surface area contributed by atoms with Gasteiger partial charge in [-0.15, -0.1) is 0 Å². The third-order valence-electron chi connectivity index (χ3n) is 7.55. The number of rotatable bonds is 41. The number of aliphatic hydroxyl groups excluding tert-OH is 8. The molecule has 0 saturated carbocycles. The third kappa shape index (κ3) is 31.9. The molecule has 0 heterocycles. The smallest absolute Gasteiger partial charge is 0.221 e. The predicted octanol–water partition coefficient (Wildman–Crippen LogP) is -4.80. The van der Waals surface area contributed by atoms with Crippen molar-refractivity contribution in [1.82, 2.24) is 10.2 Å². The quantitative estimate of drug-likeness (QED) is 0.0260. The Hall–Kier alpha value is -1.25. The number of carbonyl (C=O) groups excluding carboxylic acids is 1. The van der Waals surface area contributed by atoms with Crippen molar-refractivity contribution in [2.24, 2.45) is 5.73 Å². The minimum Gasteiger partial charge on any atom is -0.396 e. The van der Waals surface area contributed by atoms with Gasteiger partial charge in [-0.25, -0.2) is 0 Å². The zero-order valence-electron chi connectivity index (χ0n) is 32.0. The van der Waals surface area contributed by atoms with Gasteiger partial charge in [0.1, 0.15) is 12.2 Å². The number of amides is 1. The highest BCUT2D eigenvalue weighted by atomic mass is 16.6. The molecule has 0 fully saturated rings. The lowest BCUT2D eigenvalue weighted by atomic mass is 10.0. The largest absolute Gasteiger partial charge is 0.396 e. The molecule has 0 aromatic heterocycles. The second-order valence-corrected chi connectivity index (χ2v) is 12.5. The average Bonchev–Trinajstić information content (AvgIpc) is 3.13. The second-order valence-electron chi connectivity index (χ2n) is 12.5. The Kier molecular flexibility index (Phi) is 36.5. The summed E-state index contributed by atoms with van der Waals surface area (Å²) in [5.74, 6) is -0.0877. The van der Waals surface area contributed by atoms with Gasteiger partial charge in [0, 0.05) is 51.9 Å². The highest BCUT2D eigenvalue weighted by Crippen LogP contribution is 2.10. The molecule has 20 nitrogen and oxygen atoms in total. The van der Waals surface area contributed by atoms with Crippen LogP contribution in [0.3, 0.4) is 0 Å². The standard InChI is InChI=1S/C34H71N3O17/c1-27(35)24-32(44)36-4-8-47-10-12-49-14-16-51-18-20-53-22-23-54-21-19-52-17-15-50-13-11-48-9-5-37(25-30(42)33(45)28(40)2-6-38)26-31(43)34(46)29(41)3-7-39/h27-31,33-34,38-43,45-46H,2-26,35H2,1H3,(H,36,44). The van der Waals surface area contributed by atoms with E-state index in [1.807, 2.05) is 0 Å². The van der Waals surface area contributed by atoms with Crippen LogP contribution in [-0.4, -0.2) is 239 Å². The Morgan fingerprint density at radius 3 is 1.17 bits per heavy atom. The number of hydrogen-bond donors (Lipinski definition) is 10. The predicted molar refractivity (Wildman–Crippen MR) is 194 cm³/mol. The van der Waals surface area contributed by atoms with Crippen molar-refractivity contribution >= 4 is 5.91 Å². The number of ether oxygens (including phenoxy) is 8. The van der Waals surface area contributed by atoms with E-state index >= 15 is 0 Å². The van der Waals surface area contributed by atoms with E-state index in [1.165, 1.54) is 4.90 Å². The molecule has 0 aliphatic heterocycles. The van der Waals surface area contributed by atoms with Crippen LogP contribution >= 0.6 is 0 Å². The summed E-state index contributed by atoms with van der Waals surface area (Å²) in [5.41, 5.74) is 5.56. The van der Waals surface area contributed by atoms with Gasteiger partial charge in [-0.3, -0.25) is 9.69 Å². The van der Waals surface area contributed by atoms with Crippen LogP contribution < -0.4 is 11.1 Å². The van der Waals surface area contributed by atoms with Crippen molar-refractivity contribution in [3.63, 3.8) is 0 Å². The van der Waals surface area contributed by atoms with Gasteiger partial charge < -0.3 is 89.8 Å². The molecule has 0 aromatic carbocycles. The molecule has 324 valence electrons. The van der Waals surface area contributed by atoms with Gasteiger partial charge in [0.05, 0.1) is 130 Å². The van der Waals surface area contributed by atoms with Crippen molar-refractivity contribution in [3.05, 3.63) is 0 Å². The first kappa shape index (κ1) is 52.8. The molecule has 0 rings (SSSR count). The maximum Gasteiger partial charge on any atom is 0.221 e. The SMILES string of the molecule is CC(N)CC(=O)NCCOCCOCCOCCOCCOCCOCCOCCOCCN(CC(O)C(O)C(O)CCO)CC(O)C(O)C(O)CCO. The van der Waals surface area contributed by atoms with Gasteiger partial charge in [-0.2, -0.15) is 0 Å². The molecular weight excluding hydrogens is 722 g/mol. The molecule has 20 heteroatoms. The summed E-state index contributed by atoms with van der Waals surface area (Å²) < 4.78 is 43.7. The zero-order chi connectivity index (χ0) is 40.2. The van der Waals surface area contributed by atoms with E-state index in [1.54, 1.807) is 6.92 Å². The summed E-state index contributed by atoms with van der Waals surface area (Å²) in [6.07, 6.45) is -8.69. The van der Waals surface area contributed by atoms with Gasteiger partial charge in [-0.1, -0.05) is 0 Å². The van der Waals surface area contributed by atoms with Gasteiger partial charge >= 0.3 is 0 Å². The Morgan fingerprint density at radius 1 is 0.537 bits per heavy atom. The minimum absolute atomic E-state index is 0.0877. The number of nitrogens with zero attached hydrogens (tertiary/aromatic N) is 1. The molecule has 0 aliphatic rings. The van der Waals surface area contributed by atoms with Crippen LogP contribution in [0.25, 0.3) is 0 Å². The molecule has 0 aliphatic carbocycles. The summed E-state index contributed by atoms with van der Waals surface area (Å²) in [5, 5.41) is 81.5.